The highest BCUT2D eigenvalue weighted by atomic mass is 14.4. The van der Waals surface area contributed by atoms with Crippen molar-refractivity contribution in [3.8, 4) is 0 Å². The summed E-state index contributed by atoms with van der Waals surface area (Å²) in [6, 6.07) is 0. The van der Waals surface area contributed by atoms with E-state index in [0.29, 0.717) is 5.71 Å². The summed E-state index contributed by atoms with van der Waals surface area (Å²) in [6.45, 7) is 5.68. The Bertz CT molecular complexity index is 277. The average Bonchev–Trinajstić information content (AvgIpc) is 1.93. The molecular weight excluding hydrogens is 134 g/mol. The normalized spacial score (nSPS) is 19.4. The Balaban J connectivity index is 2.90. The first-order valence-corrected chi connectivity index (χ1v) is 3.51. The summed E-state index contributed by atoms with van der Waals surface area (Å²) >= 11 is 0. The molecule has 1 nitrogen and oxygen atoms in total. The fraction of sp³-hybridized carbons (Fsp3) is 0.100. The monoisotopic (exact) mass is 145 g/mol. The molecule has 1 rings (SSSR count). The summed E-state index contributed by atoms with van der Waals surface area (Å²) in [5.41, 5.74) is 2.46. The average molecular weight is 145 g/mol. The lowest BCUT2D eigenvalue weighted by Crippen LogP contribution is -1.97. The van der Waals surface area contributed by atoms with E-state index in [2.05, 4.69) is 6.58 Å². The Morgan fingerprint density at radius 1 is 1.45 bits per heavy atom. The third kappa shape index (κ3) is 2.04. The Morgan fingerprint density at radius 3 is 2.64 bits per heavy atom. The molecule has 0 aliphatic heterocycles. The van der Waals surface area contributed by atoms with Crippen LogP contribution in [0.5, 0.6) is 0 Å². The topological polar surface area (TPSA) is 23.9 Å². The number of rotatable bonds is 1. The van der Waals surface area contributed by atoms with Gasteiger partial charge in [0.25, 0.3) is 0 Å². The third-order valence-electron chi connectivity index (χ3n) is 1.36. The van der Waals surface area contributed by atoms with E-state index in [9.17, 15) is 0 Å². The Labute approximate surface area is 66.9 Å². The fourth-order valence-corrected chi connectivity index (χ4v) is 0.888. The largest absolute Gasteiger partial charge is 0.300 e. The highest BCUT2D eigenvalue weighted by molar-refractivity contribution is 6.09. The molecule has 0 aromatic rings. The van der Waals surface area contributed by atoms with Crippen LogP contribution in [0.2, 0.25) is 0 Å². The van der Waals surface area contributed by atoms with E-state index < -0.39 is 0 Å². The number of allylic oxidation sites excluding steroid dienone is 7. The second-order valence-electron chi connectivity index (χ2n) is 2.58. The summed E-state index contributed by atoms with van der Waals surface area (Å²) < 4.78 is 0. The maximum atomic E-state index is 7.49. The third-order valence-corrected chi connectivity index (χ3v) is 1.36. The molecule has 11 heavy (non-hydrogen) atoms. The van der Waals surface area contributed by atoms with Crippen molar-refractivity contribution in [3.63, 3.8) is 0 Å². The van der Waals surface area contributed by atoms with Gasteiger partial charge in [0.05, 0.1) is 5.71 Å². The van der Waals surface area contributed by atoms with Gasteiger partial charge >= 0.3 is 0 Å². The summed E-state index contributed by atoms with van der Waals surface area (Å²) in [5, 5.41) is 7.49. The van der Waals surface area contributed by atoms with Gasteiger partial charge in [-0.15, -0.1) is 0 Å². The molecule has 0 atom stereocenters. The molecule has 1 aliphatic carbocycles. The van der Waals surface area contributed by atoms with Gasteiger partial charge in [-0.05, 0) is 18.6 Å². The molecule has 56 valence electrons. The smallest absolute Gasteiger partial charge is 0.0612 e. The van der Waals surface area contributed by atoms with Gasteiger partial charge in [-0.3, -0.25) is 0 Å². The molecule has 1 heteroatoms. The first-order valence-electron chi connectivity index (χ1n) is 3.51. The molecule has 0 unspecified atom stereocenters. The van der Waals surface area contributed by atoms with E-state index >= 15 is 0 Å². The van der Waals surface area contributed by atoms with Crippen LogP contribution in [0.25, 0.3) is 0 Å². The van der Waals surface area contributed by atoms with Crippen LogP contribution in [-0.2, 0) is 0 Å². The van der Waals surface area contributed by atoms with E-state index in [-0.39, 0.29) is 0 Å². The van der Waals surface area contributed by atoms with E-state index in [1.165, 1.54) is 0 Å². The van der Waals surface area contributed by atoms with Gasteiger partial charge in [-0.2, -0.15) is 0 Å². The summed E-state index contributed by atoms with van der Waals surface area (Å²) in [6.07, 6.45) is 9.37. The summed E-state index contributed by atoms with van der Waals surface area (Å²) in [5.74, 6) is 0. The van der Waals surface area contributed by atoms with Crippen LogP contribution in [0.15, 0.2) is 48.1 Å². The quantitative estimate of drug-likeness (QED) is 0.586. The number of nitrogens with one attached hydrogen (secondary N) is 1. The second-order valence-corrected chi connectivity index (χ2v) is 2.58. The van der Waals surface area contributed by atoms with Crippen LogP contribution >= 0.6 is 0 Å². The van der Waals surface area contributed by atoms with Gasteiger partial charge in [0.15, 0.2) is 0 Å². The van der Waals surface area contributed by atoms with Crippen LogP contribution < -0.4 is 0 Å². The van der Waals surface area contributed by atoms with Crippen molar-refractivity contribution in [2.45, 2.75) is 6.92 Å². The summed E-state index contributed by atoms with van der Waals surface area (Å²) in [4.78, 5) is 0. The molecule has 0 saturated heterocycles. The predicted molar refractivity (Wildman–Crippen MR) is 48.9 cm³/mol. The van der Waals surface area contributed by atoms with Crippen LogP contribution in [-0.4, -0.2) is 5.71 Å². The van der Waals surface area contributed by atoms with E-state index in [4.69, 9.17) is 5.41 Å². The lowest BCUT2D eigenvalue weighted by Gasteiger charge is -2.02. The van der Waals surface area contributed by atoms with Gasteiger partial charge in [0.1, 0.15) is 0 Å². The zero-order valence-corrected chi connectivity index (χ0v) is 6.59. The van der Waals surface area contributed by atoms with E-state index in [0.717, 1.165) is 11.1 Å². The van der Waals surface area contributed by atoms with E-state index in [1.807, 2.05) is 31.2 Å². The lowest BCUT2D eigenvalue weighted by molar-refractivity contribution is 1.46. The minimum absolute atomic E-state index is 0.551. The van der Waals surface area contributed by atoms with Crippen LogP contribution in [0.3, 0.4) is 0 Å². The van der Waals surface area contributed by atoms with Gasteiger partial charge in [-0.25, -0.2) is 0 Å². The van der Waals surface area contributed by atoms with Crippen LogP contribution in [0.1, 0.15) is 6.92 Å². The molecule has 0 amide bonds. The lowest BCUT2D eigenvalue weighted by atomic mass is 10.0. The first kappa shape index (κ1) is 7.73. The molecule has 1 N–H and O–H groups in total. The Hall–Kier alpha value is -1.37. The predicted octanol–water partition coefficient (Wildman–Crippen LogP) is 2.63. The molecule has 1 aliphatic rings. The molecule has 0 radical (unpaired) electrons. The molecular formula is C10H11N. The minimum Gasteiger partial charge on any atom is -0.300 e. The van der Waals surface area contributed by atoms with Gasteiger partial charge in [-0.1, -0.05) is 36.5 Å². The molecule has 0 spiro atoms. The van der Waals surface area contributed by atoms with Crippen LogP contribution in [0, 0.1) is 5.41 Å². The SMILES string of the molecule is C=C(C)/C=C1/C=CC=CC1=N. The second kappa shape index (κ2) is 3.15. The maximum absolute atomic E-state index is 7.49. The van der Waals surface area contributed by atoms with Crippen molar-refractivity contribution in [2.75, 3.05) is 0 Å². The van der Waals surface area contributed by atoms with Gasteiger partial charge in [0.2, 0.25) is 0 Å². The van der Waals surface area contributed by atoms with Crippen molar-refractivity contribution < 1.29 is 0 Å². The Kier molecular flexibility index (Phi) is 2.21. The standard InChI is InChI=1S/C10H11N/c1-8(2)7-9-5-3-4-6-10(9)11/h3-7,11H,1H2,2H3/b9-7-,11-10?. The summed E-state index contributed by atoms with van der Waals surface area (Å²) in [7, 11) is 0. The van der Waals surface area contributed by atoms with Crippen molar-refractivity contribution in [1.29, 1.82) is 5.41 Å². The first-order chi connectivity index (χ1) is 5.20. The number of hydrogen-bond acceptors (Lipinski definition) is 1. The van der Waals surface area contributed by atoms with Crippen molar-refractivity contribution in [1.82, 2.24) is 0 Å². The maximum Gasteiger partial charge on any atom is 0.0612 e. The zero-order valence-electron chi connectivity index (χ0n) is 6.59. The van der Waals surface area contributed by atoms with Gasteiger partial charge in [0, 0.05) is 0 Å². The fourth-order valence-electron chi connectivity index (χ4n) is 0.888. The highest BCUT2D eigenvalue weighted by Crippen LogP contribution is 2.08. The molecule has 0 fully saturated rings. The molecule has 0 aromatic heterocycles. The molecule has 0 heterocycles. The molecule has 0 bridgehead atoms. The van der Waals surface area contributed by atoms with Crippen molar-refractivity contribution in [2.24, 2.45) is 0 Å². The highest BCUT2D eigenvalue weighted by Gasteiger charge is 1.99. The molecule has 0 saturated carbocycles. The zero-order chi connectivity index (χ0) is 8.27. The number of hydrogen-bond donors (Lipinski definition) is 1. The van der Waals surface area contributed by atoms with Gasteiger partial charge < -0.3 is 5.41 Å². The van der Waals surface area contributed by atoms with Crippen molar-refractivity contribution in [3.05, 3.63) is 48.1 Å². The van der Waals surface area contributed by atoms with E-state index in [1.54, 1.807) is 6.08 Å². The van der Waals surface area contributed by atoms with Crippen molar-refractivity contribution >= 4 is 5.71 Å². The minimum atomic E-state index is 0.551. The van der Waals surface area contributed by atoms with Crippen LogP contribution in [0.4, 0.5) is 0 Å². The molecule has 0 aromatic carbocycles. The Morgan fingerprint density at radius 2 is 2.09 bits per heavy atom.